The Morgan fingerprint density at radius 1 is 1.15 bits per heavy atom. The molecule has 2 amide bonds. The minimum atomic E-state index is -0.314. The van der Waals surface area contributed by atoms with Crippen LogP contribution in [-0.4, -0.2) is 85.4 Å². The molecule has 116 valence electrons. The van der Waals surface area contributed by atoms with E-state index in [-0.39, 0.29) is 24.4 Å². The summed E-state index contributed by atoms with van der Waals surface area (Å²) in [7, 11) is 2.06. The van der Waals surface area contributed by atoms with Crippen LogP contribution >= 0.6 is 0 Å². The van der Waals surface area contributed by atoms with Gasteiger partial charge in [0.2, 0.25) is 11.8 Å². The van der Waals surface area contributed by atoms with Crippen LogP contribution in [0.2, 0.25) is 0 Å². The molecule has 6 nitrogen and oxygen atoms in total. The molecule has 1 heterocycles. The quantitative estimate of drug-likeness (QED) is 0.721. The number of rotatable bonds is 6. The standard InChI is InChI=1S/C14H28N4O2/c1-5-17(6-2)14(20)12(3)15-11-13(19)18-9-7-16(4)8-10-18/h12,15H,5-11H2,1-4H3. The zero-order valence-corrected chi connectivity index (χ0v) is 13.2. The second-order valence-corrected chi connectivity index (χ2v) is 5.30. The summed E-state index contributed by atoms with van der Waals surface area (Å²) in [5.41, 5.74) is 0. The molecule has 1 N–H and O–H groups in total. The predicted octanol–water partition coefficient (Wildman–Crippen LogP) is -0.393. The van der Waals surface area contributed by atoms with Gasteiger partial charge in [0.15, 0.2) is 0 Å². The van der Waals surface area contributed by atoms with Crippen LogP contribution in [0.3, 0.4) is 0 Å². The highest BCUT2D eigenvalue weighted by atomic mass is 16.2. The Morgan fingerprint density at radius 3 is 2.20 bits per heavy atom. The van der Waals surface area contributed by atoms with Gasteiger partial charge in [0.1, 0.15) is 0 Å². The summed E-state index contributed by atoms with van der Waals surface area (Å²) in [5.74, 6) is 0.137. The maximum Gasteiger partial charge on any atom is 0.239 e. The van der Waals surface area contributed by atoms with Crippen LogP contribution < -0.4 is 5.32 Å². The van der Waals surface area contributed by atoms with Gasteiger partial charge in [0, 0.05) is 39.3 Å². The van der Waals surface area contributed by atoms with Gasteiger partial charge in [0.05, 0.1) is 12.6 Å². The Hall–Kier alpha value is -1.14. The van der Waals surface area contributed by atoms with Crippen molar-refractivity contribution < 1.29 is 9.59 Å². The summed E-state index contributed by atoms with van der Waals surface area (Å²) in [6.45, 7) is 10.8. The average molecular weight is 284 g/mol. The maximum atomic E-state index is 12.1. The molecule has 1 rings (SSSR count). The molecule has 0 saturated carbocycles. The molecule has 0 aromatic rings. The van der Waals surface area contributed by atoms with Gasteiger partial charge in [-0.2, -0.15) is 0 Å². The van der Waals surface area contributed by atoms with E-state index in [0.29, 0.717) is 13.1 Å². The largest absolute Gasteiger partial charge is 0.342 e. The van der Waals surface area contributed by atoms with E-state index in [2.05, 4.69) is 17.3 Å². The Morgan fingerprint density at radius 2 is 1.70 bits per heavy atom. The third kappa shape index (κ3) is 4.76. The van der Waals surface area contributed by atoms with E-state index < -0.39 is 0 Å². The van der Waals surface area contributed by atoms with Gasteiger partial charge in [-0.05, 0) is 27.8 Å². The van der Waals surface area contributed by atoms with Crippen molar-refractivity contribution in [3.8, 4) is 0 Å². The number of carbonyl (C=O) groups excluding carboxylic acids is 2. The highest BCUT2D eigenvalue weighted by molar-refractivity contribution is 5.83. The van der Waals surface area contributed by atoms with Crippen molar-refractivity contribution >= 4 is 11.8 Å². The summed E-state index contributed by atoms with van der Waals surface area (Å²) in [6.07, 6.45) is 0. The number of nitrogens with one attached hydrogen (secondary N) is 1. The minimum Gasteiger partial charge on any atom is -0.342 e. The summed E-state index contributed by atoms with van der Waals surface area (Å²) in [6, 6.07) is -0.314. The van der Waals surface area contributed by atoms with Crippen LogP contribution in [0, 0.1) is 0 Å². The van der Waals surface area contributed by atoms with E-state index in [9.17, 15) is 9.59 Å². The summed E-state index contributed by atoms with van der Waals surface area (Å²) < 4.78 is 0. The van der Waals surface area contributed by atoms with E-state index in [0.717, 1.165) is 26.2 Å². The summed E-state index contributed by atoms with van der Waals surface area (Å²) in [5, 5.41) is 3.04. The molecule has 20 heavy (non-hydrogen) atoms. The van der Waals surface area contributed by atoms with Crippen LogP contribution in [0.5, 0.6) is 0 Å². The fraction of sp³-hybridized carbons (Fsp3) is 0.857. The van der Waals surface area contributed by atoms with Crippen molar-refractivity contribution in [1.82, 2.24) is 20.0 Å². The first kappa shape index (κ1) is 16.9. The van der Waals surface area contributed by atoms with Crippen LogP contribution in [0.25, 0.3) is 0 Å². The van der Waals surface area contributed by atoms with Gasteiger partial charge < -0.3 is 14.7 Å². The molecule has 6 heteroatoms. The Labute approximate surface area is 122 Å². The van der Waals surface area contributed by atoms with Crippen molar-refractivity contribution in [3.05, 3.63) is 0 Å². The fourth-order valence-electron chi connectivity index (χ4n) is 2.30. The molecule has 1 aliphatic rings. The normalized spacial score (nSPS) is 17.9. The second-order valence-electron chi connectivity index (χ2n) is 5.30. The number of carbonyl (C=O) groups is 2. The van der Waals surface area contributed by atoms with E-state index in [4.69, 9.17) is 0 Å². The van der Waals surface area contributed by atoms with Crippen LogP contribution in [0.1, 0.15) is 20.8 Å². The number of hydrogen-bond donors (Lipinski definition) is 1. The molecule has 1 aliphatic heterocycles. The van der Waals surface area contributed by atoms with Crippen molar-refractivity contribution in [2.75, 3.05) is 52.9 Å². The van der Waals surface area contributed by atoms with Crippen LogP contribution in [0.4, 0.5) is 0 Å². The van der Waals surface area contributed by atoms with Crippen molar-refractivity contribution in [2.24, 2.45) is 0 Å². The fourth-order valence-corrected chi connectivity index (χ4v) is 2.30. The van der Waals surface area contributed by atoms with Crippen LogP contribution in [-0.2, 0) is 9.59 Å². The lowest BCUT2D eigenvalue weighted by Crippen LogP contribution is -2.52. The number of amides is 2. The van der Waals surface area contributed by atoms with Crippen molar-refractivity contribution in [3.63, 3.8) is 0 Å². The second kappa shape index (κ2) is 8.21. The van der Waals surface area contributed by atoms with Crippen molar-refractivity contribution in [1.29, 1.82) is 0 Å². The summed E-state index contributed by atoms with van der Waals surface area (Å²) in [4.78, 5) is 30.0. The molecular formula is C14H28N4O2. The van der Waals surface area contributed by atoms with Gasteiger partial charge >= 0.3 is 0 Å². The average Bonchev–Trinajstić information content (AvgIpc) is 2.46. The highest BCUT2D eigenvalue weighted by Gasteiger charge is 2.22. The zero-order chi connectivity index (χ0) is 15.1. The minimum absolute atomic E-state index is 0.0566. The van der Waals surface area contributed by atoms with Gasteiger partial charge in [-0.15, -0.1) is 0 Å². The summed E-state index contributed by atoms with van der Waals surface area (Å²) >= 11 is 0. The molecule has 1 unspecified atom stereocenters. The molecule has 0 aromatic heterocycles. The first-order valence-corrected chi connectivity index (χ1v) is 7.48. The van der Waals surface area contributed by atoms with Gasteiger partial charge in [0.25, 0.3) is 0 Å². The molecule has 1 atom stereocenters. The molecule has 0 aromatic carbocycles. The highest BCUT2D eigenvalue weighted by Crippen LogP contribution is 2.00. The van der Waals surface area contributed by atoms with Gasteiger partial charge in [-0.1, -0.05) is 0 Å². The first-order chi connectivity index (χ1) is 9.49. The van der Waals surface area contributed by atoms with E-state index >= 15 is 0 Å². The zero-order valence-electron chi connectivity index (χ0n) is 13.2. The molecule has 0 radical (unpaired) electrons. The SMILES string of the molecule is CCN(CC)C(=O)C(C)NCC(=O)N1CCN(C)CC1. The molecule has 1 saturated heterocycles. The Balaban J connectivity index is 2.35. The lowest BCUT2D eigenvalue weighted by atomic mass is 10.2. The topological polar surface area (TPSA) is 55.9 Å². The molecule has 0 spiro atoms. The maximum absolute atomic E-state index is 12.1. The lowest BCUT2D eigenvalue weighted by molar-refractivity contribution is -0.134. The smallest absolute Gasteiger partial charge is 0.239 e. The van der Waals surface area contributed by atoms with E-state index in [1.54, 1.807) is 4.90 Å². The van der Waals surface area contributed by atoms with E-state index in [1.807, 2.05) is 25.7 Å². The molecule has 1 fully saturated rings. The first-order valence-electron chi connectivity index (χ1n) is 7.48. The third-order valence-electron chi connectivity index (χ3n) is 3.86. The van der Waals surface area contributed by atoms with Gasteiger partial charge in [-0.3, -0.25) is 14.9 Å². The van der Waals surface area contributed by atoms with Gasteiger partial charge in [-0.25, -0.2) is 0 Å². The van der Waals surface area contributed by atoms with Crippen LogP contribution in [0.15, 0.2) is 0 Å². The molecule has 0 aliphatic carbocycles. The lowest BCUT2D eigenvalue weighted by Gasteiger charge is -2.33. The number of hydrogen-bond acceptors (Lipinski definition) is 4. The Bertz CT molecular complexity index is 323. The number of piperazine rings is 1. The predicted molar refractivity (Wildman–Crippen MR) is 79.5 cm³/mol. The van der Waals surface area contributed by atoms with E-state index in [1.165, 1.54) is 0 Å². The van der Waals surface area contributed by atoms with Crippen molar-refractivity contribution in [2.45, 2.75) is 26.8 Å². The monoisotopic (exact) mass is 284 g/mol. The Kier molecular flexibility index (Phi) is 6.95. The molecule has 0 bridgehead atoms. The third-order valence-corrected chi connectivity index (χ3v) is 3.86. The number of likely N-dealkylation sites (N-methyl/N-ethyl adjacent to an activating group) is 2. The number of nitrogens with zero attached hydrogens (tertiary/aromatic N) is 3. The molecular weight excluding hydrogens is 256 g/mol.